The standard InChI is InChI=1S/C12H13ClN2O/c1-14-12-15-8-11(16-12)7-4-9-2-5-10(13)6-3-9/h2-3,5-6,8H,4,7H2,1H3,(H,14,15). The summed E-state index contributed by atoms with van der Waals surface area (Å²) in [6.07, 6.45) is 3.52. The zero-order valence-electron chi connectivity index (χ0n) is 9.03. The number of aryl methyl sites for hydroxylation is 2. The lowest BCUT2D eigenvalue weighted by Gasteiger charge is -1.99. The molecular formula is C12H13ClN2O. The van der Waals surface area contributed by atoms with Crippen LogP contribution in [0.5, 0.6) is 0 Å². The van der Waals surface area contributed by atoms with Gasteiger partial charge in [-0.25, -0.2) is 4.98 Å². The molecule has 2 rings (SSSR count). The highest BCUT2D eigenvalue weighted by Gasteiger charge is 2.02. The van der Waals surface area contributed by atoms with Crippen LogP contribution < -0.4 is 5.32 Å². The van der Waals surface area contributed by atoms with Crippen LogP contribution >= 0.6 is 11.6 Å². The fourth-order valence-corrected chi connectivity index (χ4v) is 1.58. The molecule has 2 aromatic rings. The number of nitrogens with zero attached hydrogens (tertiary/aromatic N) is 1. The van der Waals surface area contributed by atoms with E-state index in [9.17, 15) is 0 Å². The van der Waals surface area contributed by atoms with Crippen LogP contribution in [0.15, 0.2) is 34.9 Å². The molecule has 16 heavy (non-hydrogen) atoms. The summed E-state index contributed by atoms with van der Waals surface area (Å²) < 4.78 is 5.43. The number of anilines is 1. The highest BCUT2D eigenvalue weighted by molar-refractivity contribution is 6.30. The van der Waals surface area contributed by atoms with Gasteiger partial charge in [-0.2, -0.15) is 0 Å². The van der Waals surface area contributed by atoms with Crippen molar-refractivity contribution < 1.29 is 4.42 Å². The van der Waals surface area contributed by atoms with Crippen molar-refractivity contribution in [2.24, 2.45) is 0 Å². The van der Waals surface area contributed by atoms with Crippen LogP contribution in [0.3, 0.4) is 0 Å². The van der Waals surface area contributed by atoms with Crippen molar-refractivity contribution in [3.63, 3.8) is 0 Å². The van der Waals surface area contributed by atoms with Crippen LogP contribution in [0, 0.1) is 0 Å². The molecule has 1 N–H and O–H groups in total. The van der Waals surface area contributed by atoms with Crippen molar-refractivity contribution in [3.8, 4) is 0 Å². The Labute approximate surface area is 99.5 Å². The van der Waals surface area contributed by atoms with Crippen LogP contribution in [0.4, 0.5) is 6.01 Å². The topological polar surface area (TPSA) is 38.1 Å². The molecule has 1 aromatic carbocycles. The summed E-state index contributed by atoms with van der Waals surface area (Å²) in [7, 11) is 1.79. The van der Waals surface area contributed by atoms with Crippen LogP contribution in [0.25, 0.3) is 0 Å². The van der Waals surface area contributed by atoms with Gasteiger partial charge in [-0.05, 0) is 24.1 Å². The fourth-order valence-electron chi connectivity index (χ4n) is 1.46. The minimum atomic E-state index is 0.561. The molecule has 3 nitrogen and oxygen atoms in total. The second-order valence-electron chi connectivity index (χ2n) is 3.51. The molecular weight excluding hydrogens is 224 g/mol. The minimum absolute atomic E-state index is 0.561. The van der Waals surface area contributed by atoms with Crippen molar-refractivity contribution in [1.29, 1.82) is 0 Å². The van der Waals surface area contributed by atoms with E-state index in [0.717, 1.165) is 23.6 Å². The van der Waals surface area contributed by atoms with Gasteiger partial charge >= 0.3 is 0 Å². The molecule has 0 saturated carbocycles. The minimum Gasteiger partial charge on any atom is -0.429 e. The Morgan fingerprint density at radius 2 is 2.00 bits per heavy atom. The number of hydrogen-bond acceptors (Lipinski definition) is 3. The Balaban J connectivity index is 1.94. The van der Waals surface area contributed by atoms with Gasteiger partial charge in [-0.1, -0.05) is 23.7 Å². The van der Waals surface area contributed by atoms with Gasteiger partial charge < -0.3 is 9.73 Å². The summed E-state index contributed by atoms with van der Waals surface area (Å²) in [5, 5.41) is 3.62. The first-order valence-electron chi connectivity index (χ1n) is 5.15. The summed E-state index contributed by atoms with van der Waals surface area (Å²) in [5.74, 6) is 0.888. The highest BCUT2D eigenvalue weighted by atomic mass is 35.5. The first-order chi connectivity index (χ1) is 7.78. The lowest BCUT2D eigenvalue weighted by Crippen LogP contribution is -1.89. The Hall–Kier alpha value is -1.48. The van der Waals surface area contributed by atoms with Crippen LogP contribution in [-0.4, -0.2) is 12.0 Å². The zero-order valence-corrected chi connectivity index (χ0v) is 9.79. The first kappa shape index (κ1) is 11.0. The number of rotatable bonds is 4. The summed E-state index contributed by atoms with van der Waals surface area (Å²) in [6.45, 7) is 0. The molecule has 1 aromatic heterocycles. The molecule has 0 radical (unpaired) electrons. The first-order valence-corrected chi connectivity index (χ1v) is 5.52. The van der Waals surface area contributed by atoms with Crippen LogP contribution in [-0.2, 0) is 12.8 Å². The summed E-state index contributed by atoms with van der Waals surface area (Å²) in [4.78, 5) is 4.06. The van der Waals surface area contributed by atoms with E-state index in [0.29, 0.717) is 6.01 Å². The summed E-state index contributed by atoms with van der Waals surface area (Å²) >= 11 is 5.81. The Kier molecular flexibility index (Phi) is 3.47. The number of oxazole rings is 1. The molecule has 0 aliphatic carbocycles. The second-order valence-corrected chi connectivity index (χ2v) is 3.94. The third-order valence-corrected chi connectivity index (χ3v) is 2.59. The number of nitrogens with one attached hydrogen (secondary N) is 1. The van der Waals surface area contributed by atoms with Gasteiger partial charge in [0.1, 0.15) is 5.76 Å². The van der Waals surface area contributed by atoms with E-state index in [-0.39, 0.29) is 0 Å². The number of halogens is 1. The molecule has 0 spiro atoms. The maximum Gasteiger partial charge on any atom is 0.294 e. The third-order valence-electron chi connectivity index (χ3n) is 2.34. The molecule has 0 aliphatic rings. The molecule has 4 heteroatoms. The number of hydrogen-bond donors (Lipinski definition) is 1. The molecule has 0 fully saturated rings. The average molecular weight is 237 g/mol. The molecule has 84 valence electrons. The van der Waals surface area contributed by atoms with Gasteiger partial charge in [0.05, 0.1) is 6.20 Å². The van der Waals surface area contributed by atoms with E-state index < -0.39 is 0 Å². The number of aromatic nitrogens is 1. The average Bonchev–Trinajstić information content (AvgIpc) is 2.76. The SMILES string of the molecule is CNc1ncc(CCc2ccc(Cl)cc2)o1. The molecule has 1 heterocycles. The Bertz CT molecular complexity index is 450. The summed E-state index contributed by atoms with van der Waals surface area (Å²) in [5.41, 5.74) is 1.24. The Morgan fingerprint density at radius 3 is 2.62 bits per heavy atom. The van der Waals surface area contributed by atoms with Gasteiger partial charge in [-0.3, -0.25) is 0 Å². The van der Waals surface area contributed by atoms with Crippen molar-refractivity contribution in [2.45, 2.75) is 12.8 Å². The lowest BCUT2D eigenvalue weighted by molar-refractivity contribution is 0.518. The van der Waals surface area contributed by atoms with Gasteiger partial charge in [0.2, 0.25) is 0 Å². The second kappa shape index (κ2) is 5.03. The van der Waals surface area contributed by atoms with Gasteiger partial charge in [0.15, 0.2) is 0 Å². The van der Waals surface area contributed by atoms with Crippen molar-refractivity contribution in [1.82, 2.24) is 4.98 Å². The highest BCUT2D eigenvalue weighted by Crippen LogP contribution is 2.13. The third kappa shape index (κ3) is 2.76. The van der Waals surface area contributed by atoms with E-state index in [1.807, 2.05) is 24.3 Å². The van der Waals surface area contributed by atoms with Crippen molar-refractivity contribution in [3.05, 3.63) is 46.8 Å². The smallest absolute Gasteiger partial charge is 0.294 e. The van der Waals surface area contributed by atoms with E-state index >= 15 is 0 Å². The Morgan fingerprint density at radius 1 is 1.25 bits per heavy atom. The van der Waals surface area contributed by atoms with Crippen LogP contribution in [0.1, 0.15) is 11.3 Å². The van der Waals surface area contributed by atoms with Gasteiger partial charge in [0, 0.05) is 18.5 Å². The predicted octanol–water partition coefficient (Wildman–Crippen LogP) is 3.15. The fraction of sp³-hybridized carbons (Fsp3) is 0.250. The molecule has 0 bridgehead atoms. The zero-order chi connectivity index (χ0) is 11.4. The van der Waals surface area contributed by atoms with E-state index in [4.69, 9.17) is 16.0 Å². The maximum absolute atomic E-state index is 5.81. The van der Waals surface area contributed by atoms with E-state index in [2.05, 4.69) is 10.3 Å². The quantitative estimate of drug-likeness (QED) is 0.886. The van der Waals surface area contributed by atoms with Crippen LogP contribution in [0.2, 0.25) is 5.02 Å². The van der Waals surface area contributed by atoms with Gasteiger partial charge in [0.25, 0.3) is 6.01 Å². The van der Waals surface area contributed by atoms with Crippen molar-refractivity contribution >= 4 is 17.6 Å². The van der Waals surface area contributed by atoms with E-state index in [1.165, 1.54) is 5.56 Å². The largest absolute Gasteiger partial charge is 0.429 e. The summed E-state index contributed by atoms with van der Waals surface area (Å²) in [6, 6.07) is 8.41. The molecule has 0 aliphatic heterocycles. The van der Waals surface area contributed by atoms with Gasteiger partial charge in [-0.15, -0.1) is 0 Å². The van der Waals surface area contributed by atoms with Crippen molar-refractivity contribution in [2.75, 3.05) is 12.4 Å². The number of benzene rings is 1. The monoisotopic (exact) mass is 236 g/mol. The van der Waals surface area contributed by atoms with E-state index in [1.54, 1.807) is 13.2 Å². The maximum atomic E-state index is 5.81. The predicted molar refractivity (Wildman–Crippen MR) is 64.9 cm³/mol. The lowest BCUT2D eigenvalue weighted by atomic mass is 10.1. The molecule has 0 unspecified atom stereocenters. The normalized spacial score (nSPS) is 10.4. The molecule has 0 saturated heterocycles. The molecule has 0 amide bonds. The molecule has 0 atom stereocenters.